The number of likely N-dealkylation sites (N-methyl/N-ethyl adjacent to an activating group) is 1. The van der Waals surface area contributed by atoms with Crippen LogP contribution >= 0.6 is 0 Å². The molecule has 7 nitrogen and oxygen atoms in total. The Morgan fingerprint density at radius 2 is 1.87 bits per heavy atom. The van der Waals surface area contributed by atoms with Crippen molar-refractivity contribution in [3.8, 4) is 17.9 Å². The molecule has 0 atom stereocenters. The van der Waals surface area contributed by atoms with E-state index in [-0.39, 0.29) is 18.6 Å². The van der Waals surface area contributed by atoms with E-state index in [0.717, 1.165) is 48.5 Å². The highest BCUT2D eigenvalue weighted by molar-refractivity contribution is 5.97. The quantitative estimate of drug-likeness (QED) is 0.681. The number of benzene rings is 2. The topological polar surface area (TPSA) is 62.6 Å². The number of imidazole rings is 1. The summed E-state index contributed by atoms with van der Waals surface area (Å²) in [4.78, 5) is 22.1. The predicted molar refractivity (Wildman–Crippen MR) is 118 cm³/mol. The van der Waals surface area contributed by atoms with Crippen LogP contribution in [-0.4, -0.2) is 67.4 Å². The van der Waals surface area contributed by atoms with Crippen LogP contribution in [-0.2, 0) is 0 Å². The molecule has 0 spiro atoms. The van der Waals surface area contributed by atoms with E-state index in [1.807, 2.05) is 48.5 Å². The Morgan fingerprint density at radius 1 is 1.10 bits per heavy atom. The summed E-state index contributed by atoms with van der Waals surface area (Å²) in [5.41, 5.74) is 3.42. The number of rotatable bonds is 3. The number of aromatic nitrogens is 2. The van der Waals surface area contributed by atoms with Gasteiger partial charge in [-0.2, -0.15) is 4.98 Å². The molecule has 1 fully saturated rings. The summed E-state index contributed by atoms with van der Waals surface area (Å²) < 4.78 is 6.89. The molecule has 4 rings (SSSR count). The second-order valence-electron chi connectivity index (χ2n) is 7.20. The molecule has 0 radical (unpaired) electrons. The van der Waals surface area contributed by atoms with E-state index < -0.39 is 0 Å². The summed E-state index contributed by atoms with van der Waals surface area (Å²) in [5, 5.41) is 2.84. The molecule has 1 aromatic heterocycles. The molecule has 0 bridgehead atoms. The third-order valence-corrected chi connectivity index (χ3v) is 5.20. The van der Waals surface area contributed by atoms with Crippen LogP contribution in [0.15, 0.2) is 48.5 Å². The molecule has 1 amide bonds. The van der Waals surface area contributed by atoms with Crippen molar-refractivity contribution in [2.75, 3.05) is 51.8 Å². The van der Waals surface area contributed by atoms with E-state index in [0.29, 0.717) is 0 Å². The fraction of sp³-hybridized carbons (Fsp3) is 0.304. The van der Waals surface area contributed by atoms with Gasteiger partial charge >= 0.3 is 12.0 Å². The largest absolute Gasteiger partial charge is 0.468 e. The summed E-state index contributed by atoms with van der Waals surface area (Å²) >= 11 is 0. The SMILES string of the molecule is COc1nc2c(N3CCN(C)CC3)cccc2n1C(=O)NCC#Cc1ccccc1. The first-order valence-electron chi connectivity index (χ1n) is 9.98. The van der Waals surface area contributed by atoms with Crippen LogP contribution in [0.25, 0.3) is 11.0 Å². The Balaban J connectivity index is 1.57. The first-order valence-corrected chi connectivity index (χ1v) is 9.98. The van der Waals surface area contributed by atoms with Crippen molar-refractivity contribution in [2.24, 2.45) is 0 Å². The van der Waals surface area contributed by atoms with Gasteiger partial charge in [-0.25, -0.2) is 9.36 Å². The number of carbonyl (C=O) groups excluding carboxylic acids is 1. The number of ether oxygens (including phenoxy) is 1. The Bertz CT molecular complexity index is 1090. The number of methoxy groups -OCH3 is 1. The lowest BCUT2D eigenvalue weighted by atomic mass is 10.2. The van der Waals surface area contributed by atoms with E-state index >= 15 is 0 Å². The summed E-state index contributed by atoms with van der Waals surface area (Å²) in [7, 11) is 3.65. The maximum absolute atomic E-state index is 12.9. The average molecular weight is 403 g/mol. The van der Waals surface area contributed by atoms with Gasteiger partial charge in [-0.15, -0.1) is 0 Å². The fourth-order valence-corrected chi connectivity index (χ4v) is 3.57. The molecule has 1 aliphatic rings. The second kappa shape index (κ2) is 8.89. The molecule has 0 saturated carbocycles. The summed E-state index contributed by atoms with van der Waals surface area (Å²) in [6, 6.07) is 15.5. The molecule has 30 heavy (non-hydrogen) atoms. The molecule has 1 N–H and O–H groups in total. The van der Waals surface area contributed by atoms with E-state index in [4.69, 9.17) is 4.74 Å². The highest BCUT2D eigenvalue weighted by Crippen LogP contribution is 2.30. The van der Waals surface area contributed by atoms with Gasteiger partial charge in [-0.1, -0.05) is 36.1 Å². The van der Waals surface area contributed by atoms with Gasteiger partial charge in [0.05, 0.1) is 24.9 Å². The number of nitrogens with one attached hydrogen (secondary N) is 1. The monoisotopic (exact) mass is 403 g/mol. The van der Waals surface area contributed by atoms with Crippen molar-refractivity contribution in [3.05, 3.63) is 54.1 Å². The van der Waals surface area contributed by atoms with E-state index in [1.165, 1.54) is 11.7 Å². The van der Waals surface area contributed by atoms with E-state index in [1.54, 1.807) is 0 Å². The van der Waals surface area contributed by atoms with Crippen LogP contribution in [0.5, 0.6) is 6.01 Å². The third-order valence-electron chi connectivity index (χ3n) is 5.20. The van der Waals surface area contributed by atoms with Gasteiger partial charge in [0, 0.05) is 31.7 Å². The molecule has 3 aromatic rings. The van der Waals surface area contributed by atoms with Crippen molar-refractivity contribution in [3.63, 3.8) is 0 Å². The number of carbonyl (C=O) groups is 1. The van der Waals surface area contributed by atoms with Crippen molar-refractivity contribution < 1.29 is 9.53 Å². The number of nitrogens with zero attached hydrogens (tertiary/aromatic N) is 4. The fourth-order valence-electron chi connectivity index (χ4n) is 3.57. The number of hydrogen-bond acceptors (Lipinski definition) is 5. The van der Waals surface area contributed by atoms with Crippen LogP contribution in [0.3, 0.4) is 0 Å². The lowest BCUT2D eigenvalue weighted by Crippen LogP contribution is -2.44. The minimum Gasteiger partial charge on any atom is -0.468 e. The Labute approximate surface area is 176 Å². The van der Waals surface area contributed by atoms with Crippen LogP contribution in [0, 0.1) is 11.8 Å². The predicted octanol–water partition coefficient (Wildman–Crippen LogP) is 2.41. The molecule has 1 saturated heterocycles. The number of fused-ring (bicyclic) bond motifs is 1. The Hall–Kier alpha value is -3.50. The molecule has 2 aromatic carbocycles. The van der Waals surface area contributed by atoms with Gasteiger partial charge in [-0.05, 0) is 31.3 Å². The lowest BCUT2D eigenvalue weighted by Gasteiger charge is -2.34. The zero-order valence-corrected chi connectivity index (χ0v) is 17.3. The maximum Gasteiger partial charge on any atom is 0.330 e. The van der Waals surface area contributed by atoms with Crippen LogP contribution in [0.4, 0.5) is 10.5 Å². The highest BCUT2D eigenvalue weighted by atomic mass is 16.5. The van der Waals surface area contributed by atoms with Crippen LogP contribution < -0.4 is 15.0 Å². The summed E-state index contributed by atoms with van der Waals surface area (Å²) in [6.07, 6.45) is 0. The summed E-state index contributed by atoms with van der Waals surface area (Å²) in [6.45, 7) is 4.07. The third kappa shape index (κ3) is 4.09. The standard InChI is InChI=1S/C23H25N5O2/c1-26-14-16-27(17-15-26)19-11-6-12-20-21(19)25-23(30-2)28(20)22(29)24-13-7-10-18-8-4-3-5-9-18/h3-6,8-9,11-12H,13-17H2,1-2H3,(H,24,29). The zero-order valence-electron chi connectivity index (χ0n) is 17.3. The van der Waals surface area contributed by atoms with Gasteiger partial charge in [0.15, 0.2) is 0 Å². The summed E-state index contributed by atoms with van der Waals surface area (Å²) in [5.74, 6) is 6.01. The molecule has 154 valence electrons. The van der Waals surface area contributed by atoms with Crippen molar-refractivity contribution in [1.29, 1.82) is 0 Å². The maximum atomic E-state index is 12.9. The van der Waals surface area contributed by atoms with Crippen LogP contribution in [0.2, 0.25) is 0 Å². The second-order valence-corrected chi connectivity index (χ2v) is 7.20. The van der Waals surface area contributed by atoms with Crippen molar-refractivity contribution >= 4 is 22.8 Å². The van der Waals surface area contributed by atoms with E-state index in [2.05, 4.69) is 39.0 Å². The lowest BCUT2D eigenvalue weighted by molar-refractivity contribution is 0.240. The molecule has 7 heteroatoms. The van der Waals surface area contributed by atoms with E-state index in [9.17, 15) is 4.79 Å². The minimum absolute atomic E-state index is 0.231. The molecule has 2 heterocycles. The smallest absolute Gasteiger partial charge is 0.330 e. The highest BCUT2D eigenvalue weighted by Gasteiger charge is 2.22. The van der Waals surface area contributed by atoms with Crippen molar-refractivity contribution in [2.45, 2.75) is 0 Å². The first kappa shape index (κ1) is 19.8. The Morgan fingerprint density at radius 3 is 2.60 bits per heavy atom. The van der Waals surface area contributed by atoms with Gasteiger partial charge in [0.2, 0.25) is 0 Å². The Kier molecular flexibility index (Phi) is 5.87. The van der Waals surface area contributed by atoms with Gasteiger partial charge in [0.25, 0.3) is 0 Å². The number of piperazine rings is 1. The number of para-hydroxylation sites is 1. The zero-order chi connectivity index (χ0) is 20.9. The normalized spacial score (nSPS) is 14.3. The minimum atomic E-state index is -0.313. The van der Waals surface area contributed by atoms with Gasteiger partial charge < -0.3 is 19.9 Å². The number of amides is 1. The van der Waals surface area contributed by atoms with Gasteiger partial charge in [-0.3, -0.25) is 0 Å². The molecule has 0 unspecified atom stereocenters. The number of hydrogen-bond donors (Lipinski definition) is 1. The molecular weight excluding hydrogens is 378 g/mol. The molecule has 0 aliphatic carbocycles. The van der Waals surface area contributed by atoms with Crippen molar-refractivity contribution in [1.82, 2.24) is 19.8 Å². The first-order chi connectivity index (χ1) is 14.7. The average Bonchev–Trinajstić information content (AvgIpc) is 3.17. The number of anilines is 1. The van der Waals surface area contributed by atoms with Crippen LogP contribution in [0.1, 0.15) is 5.56 Å². The van der Waals surface area contributed by atoms with Gasteiger partial charge in [0.1, 0.15) is 5.52 Å². The molecule has 1 aliphatic heterocycles. The molecular formula is C23H25N5O2.